The fourth-order valence-electron chi connectivity index (χ4n) is 3.35. The third kappa shape index (κ3) is 7.60. The van der Waals surface area contributed by atoms with Crippen LogP contribution in [0.2, 0.25) is 0 Å². The van der Waals surface area contributed by atoms with E-state index in [1.54, 1.807) is 0 Å². The lowest BCUT2D eigenvalue weighted by Gasteiger charge is -2.38. The van der Waals surface area contributed by atoms with Crippen LogP contribution in [0.1, 0.15) is 66.7 Å². The average Bonchev–Trinajstić information content (AvgIpc) is 2.54. The first-order chi connectivity index (χ1) is 10.5. The van der Waals surface area contributed by atoms with Crippen molar-refractivity contribution < 1.29 is 0 Å². The summed E-state index contributed by atoms with van der Waals surface area (Å²) in [5.74, 6) is 1.23. The molecule has 2 nitrogen and oxygen atoms in total. The lowest BCUT2D eigenvalue weighted by molar-refractivity contribution is 0.120. The molecule has 0 aliphatic heterocycles. The Labute approximate surface area is 139 Å². The van der Waals surface area contributed by atoms with Gasteiger partial charge in [-0.3, -0.25) is 0 Å². The Kier molecular flexibility index (Phi) is 12.5. The van der Waals surface area contributed by atoms with Crippen LogP contribution in [0.15, 0.2) is 24.8 Å². The molecular formula is C20H40N2. The number of hydrogen-bond acceptors (Lipinski definition) is 2. The largest absolute Gasteiger partial charge is 0.327 e. The van der Waals surface area contributed by atoms with Gasteiger partial charge < -0.3 is 10.6 Å². The van der Waals surface area contributed by atoms with Crippen LogP contribution in [0.25, 0.3) is 0 Å². The van der Waals surface area contributed by atoms with E-state index >= 15 is 0 Å². The van der Waals surface area contributed by atoms with Crippen molar-refractivity contribution >= 4 is 0 Å². The van der Waals surface area contributed by atoms with Crippen LogP contribution >= 0.6 is 0 Å². The molecule has 2 heteroatoms. The number of nitrogens with zero attached hydrogens (tertiary/aromatic N) is 1. The summed E-state index contributed by atoms with van der Waals surface area (Å²) in [6, 6.07) is 0.906. The smallest absolute Gasteiger partial charge is 0.0186 e. The van der Waals surface area contributed by atoms with Gasteiger partial charge in [0.1, 0.15) is 0 Å². The van der Waals surface area contributed by atoms with Crippen molar-refractivity contribution in [2.75, 3.05) is 13.1 Å². The summed E-state index contributed by atoms with van der Waals surface area (Å²) in [5.41, 5.74) is 5.98. The number of allylic oxidation sites excluding steroid dienone is 1. The normalized spacial score (nSPS) is 17.6. The summed E-state index contributed by atoms with van der Waals surface area (Å²) in [5, 5.41) is 0. The molecule has 0 bridgehead atoms. The van der Waals surface area contributed by atoms with E-state index in [1.165, 1.54) is 12.8 Å². The van der Waals surface area contributed by atoms with Crippen LogP contribution in [0, 0.1) is 11.8 Å². The van der Waals surface area contributed by atoms with Crippen LogP contribution in [-0.2, 0) is 0 Å². The Hall–Kier alpha value is -0.600. The SMILES string of the molecule is C=CC(CCC)C(C(C)C/C=C\CC(N)CC)N(CC)CC. The second kappa shape index (κ2) is 12.9. The maximum absolute atomic E-state index is 5.98. The maximum Gasteiger partial charge on any atom is 0.0186 e. The van der Waals surface area contributed by atoms with Crippen LogP contribution in [0.4, 0.5) is 0 Å². The molecule has 0 spiro atoms. The van der Waals surface area contributed by atoms with Gasteiger partial charge in [-0.2, -0.15) is 0 Å². The standard InChI is InChI=1S/C20H40N2/c1-7-14-18(8-2)20(22(10-4)11-5)17(6)15-12-13-16-19(21)9-3/h8,12-13,17-20H,2,7,9-11,14-16,21H2,1,3-6H3/b13-12-. The van der Waals surface area contributed by atoms with Crippen molar-refractivity contribution in [3.63, 3.8) is 0 Å². The number of hydrogen-bond donors (Lipinski definition) is 1. The van der Waals surface area contributed by atoms with E-state index in [4.69, 9.17) is 5.73 Å². The fourth-order valence-corrected chi connectivity index (χ4v) is 3.35. The number of rotatable bonds is 13. The lowest BCUT2D eigenvalue weighted by Crippen LogP contribution is -2.44. The van der Waals surface area contributed by atoms with Gasteiger partial charge in [-0.1, -0.05) is 59.3 Å². The zero-order chi connectivity index (χ0) is 17.0. The summed E-state index contributed by atoms with van der Waals surface area (Å²) in [4.78, 5) is 2.61. The Morgan fingerprint density at radius 3 is 2.09 bits per heavy atom. The molecule has 0 aliphatic carbocycles. The molecule has 130 valence electrons. The van der Waals surface area contributed by atoms with E-state index in [-0.39, 0.29) is 0 Å². The van der Waals surface area contributed by atoms with E-state index in [2.05, 4.69) is 64.3 Å². The van der Waals surface area contributed by atoms with Crippen molar-refractivity contribution in [3.05, 3.63) is 24.8 Å². The Morgan fingerprint density at radius 1 is 1.05 bits per heavy atom. The molecule has 2 N–H and O–H groups in total. The highest BCUT2D eigenvalue weighted by Gasteiger charge is 2.27. The van der Waals surface area contributed by atoms with Crippen molar-refractivity contribution in [2.24, 2.45) is 17.6 Å². The zero-order valence-electron chi connectivity index (χ0n) is 15.7. The summed E-state index contributed by atoms with van der Waals surface area (Å²) >= 11 is 0. The van der Waals surface area contributed by atoms with Crippen molar-refractivity contribution in [3.8, 4) is 0 Å². The molecule has 0 saturated heterocycles. The van der Waals surface area contributed by atoms with Crippen LogP contribution in [0.3, 0.4) is 0 Å². The van der Waals surface area contributed by atoms with Crippen LogP contribution < -0.4 is 5.73 Å². The van der Waals surface area contributed by atoms with Crippen molar-refractivity contribution in [1.82, 2.24) is 4.90 Å². The minimum atomic E-state index is 0.311. The van der Waals surface area contributed by atoms with E-state index in [0.29, 0.717) is 23.9 Å². The zero-order valence-corrected chi connectivity index (χ0v) is 15.7. The first kappa shape index (κ1) is 21.4. The molecule has 0 rings (SSSR count). The highest BCUT2D eigenvalue weighted by molar-refractivity contribution is 4.95. The van der Waals surface area contributed by atoms with Gasteiger partial charge in [0.15, 0.2) is 0 Å². The molecule has 0 aliphatic rings. The third-order valence-electron chi connectivity index (χ3n) is 4.82. The Balaban J connectivity index is 4.80. The molecule has 0 aromatic rings. The molecule has 22 heavy (non-hydrogen) atoms. The highest BCUT2D eigenvalue weighted by Crippen LogP contribution is 2.27. The number of nitrogens with two attached hydrogens (primary N) is 1. The molecule has 0 aromatic carbocycles. The fraction of sp³-hybridized carbons (Fsp3) is 0.800. The van der Waals surface area contributed by atoms with Gasteiger partial charge >= 0.3 is 0 Å². The van der Waals surface area contributed by atoms with Gasteiger partial charge in [-0.25, -0.2) is 0 Å². The first-order valence-electron chi connectivity index (χ1n) is 9.32. The molecule has 0 saturated carbocycles. The van der Waals surface area contributed by atoms with E-state index in [1.807, 2.05) is 0 Å². The molecule has 0 amide bonds. The van der Waals surface area contributed by atoms with Gasteiger partial charge in [-0.15, -0.1) is 6.58 Å². The van der Waals surface area contributed by atoms with Gasteiger partial charge in [-0.05, 0) is 50.6 Å². The Bertz CT molecular complexity index is 294. The molecule has 0 heterocycles. The van der Waals surface area contributed by atoms with Gasteiger partial charge in [0, 0.05) is 12.1 Å². The maximum atomic E-state index is 5.98. The summed E-state index contributed by atoms with van der Waals surface area (Å²) in [6.07, 6.45) is 12.4. The minimum Gasteiger partial charge on any atom is -0.327 e. The topological polar surface area (TPSA) is 29.3 Å². The quantitative estimate of drug-likeness (QED) is 0.485. The van der Waals surface area contributed by atoms with Crippen LogP contribution in [-0.4, -0.2) is 30.1 Å². The minimum absolute atomic E-state index is 0.311. The van der Waals surface area contributed by atoms with E-state index in [9.17, 15) is 0 Å². The molecule has 0 radical (unpaired) electrons. The molecule has 4 unspecified atom stereocenters. The molecule has 4 atom stereocenters. The summed E-state index contributed by atoms with van der Waals surface area (Å²) < 4.78 is 0. The summed E-state index contributed by atoms with van der Waals surface area (Å²) in [6.45, 7) is 17.7. The second-order valence-electron chi connectivity index (χ2n) is 6.49. The first-order valence-corrected chi connectivity index (χ1v) is 9.32. The second-order valence-corrected chi connectivity index (χ2v) is 6.49. The van der Waals surface area contributed by atoms with Gasteiger partial charge in [0.2, 0.25) is 0 Å². The van der Waals surface area contributed by atoms with Gasteiger partial charge in [0.05, 0.1) is 0 Å². The average molecular weight is 309 g/mol. The third-order valence-corrected chi connectivity index (χ3v) is 4.82. The predicted molar refractivity (Wildman–Crippen MR) is 101 cm³/mol. The van der Waals surface area contributed by atoms with Crippen LogP contribution in [0.5, 0.6) is 0 Å². The van der Waals surface area contributed by atoms with Crippen molar-refractivity contribution in [2.45, 2.75) is 78.8 Å². The molecule has 0 aromatic heterocycles. The van der Waals surface area contributed by atoms with E-state index < -0.39 is 0 Å². The molecule has 0 fully saturated rings. The summed E-state index contributed by atoms with van der Waals surface area (Å²) in [7, 11) is 0. The molecular weight excluding hydrogens is 268 g/mol. The van der Waals surface area contributed by atoms with E-state index in [0.717, 1.165) is 32.4 Å². The van der Waals surface area contributed by atoms with Crippen molar-refractivity contribution in [1.29, 1.82) is 0 Å². The van der Waals surface area contributed by atoms with Gasteiger partial charge in [0.25, 0.3) is 0 Å². The highest BCUT2D eigenvalue weighted by atomic mass is 15.2. The predicted octanol–water partition coefficient (Wildman–Crippen LogP) is 5.01. The Morgan fingerprint density at radius 2 is 1.64 bits per heavy atom. The lowest BCUT2D eigenvalue weighted by atomic mass is 9.83. The monoisotopic (exact) mass is 308 g/mol.